The molecule has 3 nitrogen and oxygen atoms in total. The Bertz CT molecular complexity index is 617. The van der Waals surface area contributed by atoms with Crippen LogP contribution in [0.2, 0.25) is 0 Å². The predicted molar refractivity (Wildman–Crippen MR) is 83.2 cm³/mol. The fourth-order valence-electron chi connectivity index (χ4n) is 1.80. The summed E-state index contributed by atoms with van der Waals surface area (Å²) < 4.78 is 4.66. The van der Waals surface area contributed by atoms with Crippen LogP contribution in [0.4, 0.5) is 0 Å². The zero-order valence-corrected chi connectivity index (χ0v) is 14.3. The lowest BCUT2D eigenvalue weighted by Crippen LogP contribution is -2.22. The number of halogens is 2. The van der Waals surface area contributed by atoms with E-state index in [4.69, 9.17) is 12.2 Å². The first-order valence-corrected chi connectivity index (χ1v) is 7.43. The molecule has 6 heteroatoms. The maximum atomic E-state index is 5.31. The van der Waals surface area contributed by atoms with Crippen LogP contribution in [-0.2, 0) is 5.54 Å². The van der Waals surface area contributed by atoms with Crippen molar-refractivity contribution in [3.8, 4) is 11.4 Å². The van der Waals surface area contributed by atoms with Gasteiger partial charge in [-0.15, -0.1) is 0 Å². The van der Waals surface area contributed by atoms with Gasteiger partial charge in [0.2, 0.25) is 0 Å². The summed E-state index contributed by atoms with van der Waals surface area (Å²) in [5.74, 6) is 0.842. The molecule has 0 fully saturated rings. The van der Waals surface area contributed by atoms with Crippen LogP contribution in [0.25, 0.3) is 11.4 Å². The van der Waals surface area contributed by atoms with Crippen molar-refractivity contribution >= 4 is 44.1 Å². The van der Waals surface area contributed by atoms with Gasteiger partial charge in [-0.1, -0.05) is 31.9 Å². The number of nitrogens with zero attached hydrogens (tertiary/aromatic N) is 2. The number of aromatic amines is 1. The van der Waals surface area contributed by atoms with Crippen LogP contribution in [0.5, 0.6) is 0 Å². The molecule has 1 N–H and O–H groups in total. The lowest BCUT2D eigenvalue weighted by molar-refractivity contribution is 0.395. The quantitative estimate of drug-likeness (QED) is 0.703. The fourth-order valence-corrected chi connectivity index (χ4v) is 3.50. The second-order valence-corrected chi connectivity index (χ2v) is 7.23. The van der Waals surface area contributed by atoms with Crippen molar-refractivity contribution < 1.29 is 0 Å². The normalized spacial score (nSPS) is 11.8. The molecular formula is C12H13Br2N3S. The summed E-state index contributed by atoms with van der Waals surface area (Å²) >= 11 is 12.3. The molecule has 0 atom stereocenters. The highest BCUT2D eigenvalue weighted by molar-refractivity contribution is 9.11. The Balaban J connectivity index is 2.69. The van der Waals surface area contributed by atoms with Gasteiger partial charge in [0.25, 0.3) is 0 Å². The maximum Gasteiger partial charge on any atom is 0.195 e. The van der Waals surface area contributed by atoms with Crippen LogP contribution in [-0.4, -0.2) is 14.8 Å². The molecule has 1 aromatic carbocycles. The largest absolute Gasteiger partial charge is 0.295 e. The highest BCUT2D eigenvalue weighted by Crippen LogP contribution is 2.29. The van der Waals surface area contributed by atoms with E-state index in [0.29, 0.717) is 4.77 Å². The number of rotatable bonds is 1. The number of aromatic nitrogens is 3. The highest BCUT2D eigenvalue weighted by atomic mass is 79.9. The van der Waals surface area contributed by atoms with Crippen LogP contribution in [0, 0.1) is 4.77 Å². The molecule has 2 rings (SSSR count). The van der Waals surface area contributed by atoms with Crippen LogP contribution in [0.15, 0.2) is 27.1 Å². The molecule has 18 heavy (non-hydrogen) atoms. The zero-order valence-electron chi connectivity index (χ0n) is 10.3. The second kappa shape index (κ2) is 4.90. The molecule has 0 saturated carbocycles. The average molecular weight is 391 g/mol. The number of benzene rings is 1. The van der Waals surface area contributed by atoms with E-state index < -0.39 is 0 Å². The van der Waals surface area contributed by atoms with E-state index in [1.165, 1.54) is 0 Å². The van der Waals surface area contributed by atoms with E-state index in [2.05, 4.69) is 62.8 Å². The van der Waals surface area contributed by atoms with Gasteiger partial charge < -0.3 is 0 Å². The predicted octanol–water partition coefficient (Wildman–Crippen LogP) is 4.89. The minimum atomic E-state index is -0.117. The molecule has 0 amide bonds. The molecule has 1 heterocycles. The van der Waals surface area contributed by atoms with E-state index in [1.54, 1.807) is 0 Å². The molecule has 0 aliphatic carbocycles. The van der Waals surface area contributed by atoms with Gasteiger partial charge in [0.05, 0.1) is 0 Å². The van der Waals surface area contributed by atoms with Gasteiger partial charge in [0, 0.05) is 20.0 Å². The summed E-state index contributed by atoms with van der Waals surface area (Å²) in [5, 5.41) is 7.21. The van der Waals surface area contributed by atoms with Crippen molar-refractivity contribution in [1.82, 2.24) is 14.8 Å². The summed E-state index contributed by atoms with van der Waals surface area (Å²) in [6.45, 7) is 6.32. The van der Waals surface area contributed by atoms with Crippen molar-refractivity contribution in [2.45, 2.75) is 26.3 Å². The van der Waals surface area contributed by atoms with Crippen molar-refractivity contribution in [3.63, 3.8) is 0 Å². The lowest BCUT2D eigenvalue weighted by Gasteiger charge is -2.22. The van der Waals surface area contributed by atoms with Crippen LogP contribution in [0.3, 0.4) is 0 Å². The molecule has 0 spiro atoms. The monoisotopic (exact) mass is 389 g/mol. The Morgan fingerprint density at radius 3 is 2.22 bits per heavy atom. The molecule has 0 saturated heterocycles. The SMILES string of the molecule is CC(C)(C)n1c(-c2cc(Br)cc(Br)c2)n[nH]c1=S. The van der Waals surface area contributed by atoms with E-state index >= 15 is 0 Å². The molecule has 0 radical (unpaired) electrons. The van der Waals surface area contributed by atoms with Crippen LogP contribution in [0.1, 0.15) is 20.8 Å². The first-order valence-electron chi connectivity index (χ1n) is 5.43. The summed E-state index contributed by atoms with van der Waals surface area (Å²) in [7, 11) is 0. The number of nitrogens with one attached hydrogen (secondary N) is 1. The second-order valence-electron chi connectivity index (χ2n) is 5.02. The van der Waals surface area contributed by atoms with Gasteiger partial charge in [-0.3, -0.25) is 9.67 Å². The summed E-state index contributed by atoms with van der Waals surface area (Å²) in [6, 6.07) is 6.04. The first-order chi connectivity index (χ1) is 8.29. The van der Waals surface area contributed by atoms with E-state index in [0.717, 1.165) is 20.3 Å². The van der Waals surface area contributed by atoms with Gasteiger partial charge in [-0.25, -0.2) is 0 Å². The molecule has 0 aliphatic heterocycles. The van der Waals surface area contributed by atoms with Crippen LogP contribution < -0.4 is 0 Å². The molecule has 0 aliphatic rings. The number of hydrogen-bond acceptors (Lipinski definition) is 2. The zero-order chi connectivity index (χ0) is 13.5. The molecule has 0 unspecified atom stereocenters. The van der Waals surface area contributed by atoms with Gasteiger partial charge >= 0.3 is 0 Å². The number of hydrogen-bond donors (Lipinski definition) is 1. The Kier molecular flexibility index (Phi) is 3.80. The molecule has 1 aromatic heterocycles. The molecule has 2 aromatic rings. The highest BCUT2D eigenvalue weighted by Gasteiger charge is 2.20. The standard InChI is InChI=1S/C12H13Br2N3S/c1-12(2,3)17-10(15-16-11(17)18)7-4-8(13)6-9(14)5-7/h4-6H,1-3H3,(H,16,18). The minimum Gasteiger partial charge on any atom is -0.295 e. The van der Waals surface area contributed by atoms with Crippen molar-refractivity contribution in [3.05, 3.63) is 31.9 Å². The average Bonchev–Trinajstić information content (AvgIpc) is 2.57. The summed E-state index contributed by atoms with van der Waals surface area (Å²) in [5.41, 5.74) is 0.896. The molecular weight excluding hydrogens is 378 g/mol. The Morgan fingerprint density at radius 1 is 1.17 bits per heavy atom. The fraction of sp³-hybridized carbons (Fsp3) is 0.333. The van der Waals surface area contributed by atoms with Crippen molar-refractivity contribution in [2.75, 3.05) is 0 Å². The third kappa shape index (κ3) is 2.75. The molecule has 96 valence electrons. The van der Waals surface area contributed by atoms with Gasteiger partial charge in [0.15, 0.2) is 10.6 Å². The maximum absolute atomic E-state index is 5.31. The van der Waals surface area contributed by atoms with Crippen molar-refractivity contribution in [1.29, 1.82) is 0 Å². The smallest absolute Gasteiger partial charge is 0.195 e. The van der Waals surface area contributed by atoms with Gasteiger partial charge in [-0.05, 0) is 51.2 Å². The van der Waals surface area contributed by atoms with E-state index in [9.17, 15) is 0 Å². The van der Waals surface area contributed by atoms with Gasteiger partial charge in [0.1, 0.15) is 0 Å². The van der Waals surface area contributed by atoms with E-state index in [1.807, 2.05) is 22.8 Å². The Labute approximate surface area is 128 Å². The van der Waals surface area contributed by atoms with Crippen LogP contribution >= 0.6 is 44.1 Å². The lowest BCUT2D eigenvalue weighted by atomic mass is 10.1. The summed E-state index contributed by atoms with van der Waals surface area (Å²) in [6.07, 6.45) is 0. The first kappa shape index (κ1) is 14.0. The third-order valence-corrected chi connectivity index (χ3v) is 3.65. The Hall–Kier alpha value is -0.460. The minimum absolute atomic E-state index is 0.117. The topological polar surface area (TPSA) is 33.6 Å². The van der Waals surface area contributed by atoms with E-state index in [-0.39, 0.29) is 5.54 Å². The number of H-pyrrole nitrogens is 1. The summed E-state index contributed by atoms with van der Waals surface area (Å²) in [4.78, 5) is 0. The van der Waals surface area contributed by atoms with Crippen molar-refractivity contribution in [2.24, 2.45) is 0 Å². The van der Waals surface area contributed by atoms with Gasteiger partial charge in [-0.2, -0.15) is 5.10 Å². The third-order valence-electron chi connectivity index (χ3n) is 2.46. The molecule has 0 bridgehead atoms. The Morgan fingerprint density at radius 2 is 1.72 bits per heavy atom.